The van der Waals surface area contributed by atoms with Crippen molar-refractivity contribution in [2.75, 3.05) is 5.32 Å². The van der Waals surface area contributed by atoms with E-state index in [1.807, 2.05) is 13.0 Å². The van der Waals surface area contributed by atoms with Crippen LogP contribution in [0.15, 0.2) is 24.3 Å². The molecule has 8 heteroatoms. The minimum atomic E-state index is -0.557. The molecule has 22 heavy (non-hydrogen) atoms. The Morgan fingerprint density at radius 2 is 2.14 bits per heavy atom. The number of carbonyl (C=O) groups is 1. The molecule has 0 unspecified atom stereocenters. The van der Waals surface area contributed by atoms with Crippen molar-refractivity contribution in [1.82, 2.24) is 9.78 Å². The second-order valence-electron chi connectivity index (χ2n) is 4.88. The number of benzene rings is 1. The quantitative estimate of drug-likeness (QED) is 0.676. The van der Waals surface area contributed by atoms with Crippen molar-refractivity contribution >= 4 is 29.0 Å². The summed E-state index contributed by atoms with van der Waals surface area (Å²) in [4.78, 5) is 22.1. The van der Waals surface area contributed by atoms with Gasteiger partial charge < -0.3 is 15.4 Å². The standard InChI is InChI=1S/C14H15ClN4O3/c1-9-3-4-11(15)8-12(9)16-14(20)5-6-18-10(2)7-13(17-18)19(21)22/h3-4,7-8H,5-6H2,1-2H3,(H,16,20). The van der Waals surface area contributed by atoms with Crippen molar-refractivity contribution in [3.05, 3.63) is 50.7 Å². The van der Waals surface area contributed by atoms with Crippen molar-refractivity contribution in [2.45, 2.75) is 26.8 Å². The molecule has 2 rings (SSSR count). The van der Waals surface area contributed by atoms with Crippen LogP contribution in [0.1, 0.15) is 17.7 Å². The third-order valence-corrected chi connectivity index (χ3v) is 3.41. The number of hydrogen-bond donors (Lipinski definition) is 1. The molecule has 0 aliphatic carbocycles. The number of aryl methyl sites for hydroxylation is 3. The smallest absolute Gasteiger partial charge is 0.358 e. The number of amides is 1. The summed E-state index contributed by atoms with van der Waals surface area (Å²) in [6.45, 7) is 3.84. The van der Waals surface area contributed by atoms with E-state index in [0.717, 1.165) is 5.56 Å². The molecule has 1 amide bonds. The predicted octanol–water partition coefficient (Wildman–Crippen LogP) is 3.09. The number of nitrogens with one attached hydrogen (secondary N) is 1. The molecular formula is C14H15ClN4O3. The van der Waals surface area contributed by atoms with Crippen molar-refractivity contribution in [3.63, 3.8) is 0 Å². The first kappa shape index (κ1) is 16.0. The largest absolute Gasteiger partial charge is 0.390 e. The molecule has 0 aliphatic heterocycles. The molecule has 0 bridgehead atoms. The number of rotatable bonds is 5. The lowest BCUT2D eigenvalue weighted by atomic mass is 10.2. The van der Waals surface area contributed by atoms with E-state index in [1.54, 1.807) is 19.1 Å². The number of aromatic nitrogens is 2. The summed E-state index contributed by atoms with van der Waals surface area (Å²) in [6, 6.07) is 6.62. The van der Waals surface area contributed by atoms with Gasteiger partial charge in [-0.1, -0.05) is 17.7 Å². The Bertz CT molecular complexity index is 727. The summed E-state index contributed by atoms with van der Waals surface area (Å²) in [7, 11) is 0. The molecule has 1 N–H and O–H groups in total. The Morgan fingerprint density at radius 3 is 2.77 bits per heavy atom. The Labute approximate surface area is 132 Å². The van der Waals surface area contributed by atoms with Gasteiger partial charge in [0.1, 0.15) is 0 Å². The van der Waals surface area contributed by atoms with Crippen molar-refractivity contribution in [1.29, 1.82) is 0 Å². The minimum absolute atomic E-state index is 0.158. The molecule has 0 atom stereocenters. The van der Waals surface area contributed by atoms with Crippen LogP contribution in [0.2, 0.25) is 5.02 Å². The van der Waals surface area contributed by atoms with E-state index in [9.17, 15) is 14.9 Å². The summed E-state index contributed by atoms with van der Waals surface area (Å²) in [6.07, 6.45) is 0.158. The van der Waals surface area contributed by atoms with E-state index < -0.39 is 4.92 Å². The highest BCUT2D eigenvalue weighted by molar-refractivity contribution is 6.31. The summed E-state index contributed by atoms with van der Waals surface area (Å²) in [5.74, 6) is -0.425. The summed E-state index contributed by atoms with van der Waals surface area (Å²) < 4.78 is 1.45. The van der Waals surface area contributed by atoms with Crippen molar-refractivity contribution < 1.29 is 9.72 Å². The first-order valence-electron chi connectivity index (χ1n) is 6.61. The third-order valence-electron chi connectivity index (χ3n) is 3.18. The lowest BCUT2D eigenvalue weighted by molar-refractivity contribution is -0.389. The highest BCUT2D eigenvalue weighted by atomic mass is 35.5. The Kier molecular flexibility index (Phi) is 4.77. The molecule has 0 radical (unpaired) electrons. The van der Waals surface area contributed by atoms with Crippen LogP contribution in [0.25, 0.3) is 0 Å². The van der Waals surface area contributed by atoms with Gasteiger partial charge in [0, 0.05) is 17.1 Å². The summed E-state index contributed by atoms with van der Waals surface area (Å²) >= 11 is 5.90. The van der Waals surface area contributed by atoms with Crippen LogP contribution in [0, 0.1) is 24.0 Å². The normalized spacial score (nSPS) is 10.5. The lowest BCUT2D eigenvalue weighted by Crippen LogP contribution is -2.16. The first-order chi connectivity index (χ1) is 10.4. The maximum absolute atomic E-state index is 12.0. The van der Waals surface area contributed by atoms with E-state index in [1.165, 1.54) is 10.7 Å². The van der Waals surface area contributed by atoms with E-state index in [2.05, 4.69) is 10.4 Å². The molecule has 2 aromatic rings. The van der Waals surface area contributed by atoms with Gasteiger partial charge >= 0.3 is 5.82 Å². The fourth-order valence-corrected chi connectivity index (χ4v) is 2.13. The number of anilines is 1. The lowest BCUT2D eigenvalue weighted by Gasteiger charge is -2.08. The molecule has 0 aliphatic rings. The average Bonchev–Trinajstić information content (AvgIpc) is 2.82. The number of nitrogens with zero attached hydrogens (tertiary/aromatic N) is 3. The zero-order valence-electron chi connectivity index (χ0n) is 12.2. The van der Waals surface area contributed by atoms with Crippen LogP contribution in [0.5, 0.6) is 0 Å². The van der Waals surface area contributed by atoms with Gasteiger partial charge in [-0.05, 0) is 36.5 Å². The number of carbonyl (C=O) groups excluding carboxylic acids is 1. The zero-order valence-corrected chi connectivity index (χ0v) is 12.9. The molecule has 7 nitrogen and oxygen atoms in total. The molecule has 0 saturated heterocycles. The van der Waals surface area contributed by atoms with Gasteiger partial charge in [0.15, 0.2) is 0 Å². The number of halogens is 1. The Hall–Kier alpha value is -2.41. The Balaban J connectivity index is 1.98. The molecule has 1 aromatic heterocycles. The second kappa shape index (κ2) is 6.57. The fraction of sp³-hybridized carbons (Fsp3) is 0.286. The monoisotopic (exact) mass is 322 g/mol. The van der Waals surface area contributed by atoms with Crippen LogP contribution in [-0.2, 0) is 11.3 Å². The highest BCUT2D eigenvalue weighted by Crippen LogP contribution is 2.20. The van der Waals surface area contributed by atoms with Crippen LogP contribution < -0.4 is 5.32 Å². The van der Waals surface area contributed by atoms with Gasteiger partial charge in [0.25, 0.3) is 0 Å². The third kappa shape index (κ3) is 3.82. The van der Waals surface area contributed by atoms with Crippen LogP contribution in [0.3, 0.4) is 0 Å². The first-order valence-corrected chi connectivity index (χ1v) is 6.99. The molecule has 1 aromatic carbocycles. The van der Waals surface area contributed by atoms with E-state index in [4.69, 9.17) is 11.6 Å². The average molecular weight is 323 g/mol. The van der Waals surface area contributed by atoms with Gasteiger partial charge in [-0.25, -0.2) is 0 Å². The van der Waals surface area contributed by atoms with Gasteiger partial charge in [-0.3, -0.25) is 4.79 Å². The van der Waals surface area contributed by atoms with Crippen LogP contribution >= 0.6 is 11.6 Å². The maximum Gasteiger partial charge on any atom is 0.390 e. The topological polar surface area (TPSA) is 90.1 Å². The van der Waals surface area contributed by atoms with Crippen molar-refractivity contribution in [3.8, 4) is 0 Å². The predicted molar refractivity (Wildman–Crippen MR) is 83.1 cm³/mol. The maximum atomic E-state index is 12.0. The van der Waals surface area contributed by atoms with E-state index in [-0.39, 0.29) is 24.7 Å². The molecule has 116 valence electrons. The van der Waals surface area contributed by atoms with E-state index in [0.29, 0.717) is 16.4 Å². The molecular weight excluding hydrogens is 308 g/mol. The van der Waals surface area contributed by atoms with E-state index >= 15 is 0 Å². The second-order valence-corrected chi connectivity index (χ2v) is 5.32. The highest BCUT2D eigenvalue weighted by Gasteiger charge is 2.16. The van der Waals surface area contributed by atoms with Gasteiger partial charge in [0.2, 0.25) is 5.91 Å². The molecule has 1 heterocycles. The summed E-state index contributed by atoms with van der Waals surface area (Å²) in [5.41, 5.74) is 2.20. The van der Waals surface area contributed by atoms with Gasteiger partial charge in [-0.15, -0.1) is 0 Å². The van der Waals surface area contributed by atoms with Crippen LogP contribution in [-0.4, -0.2) is 20.6 Å². The summed E-state index contributed by atoms with van der Waals surface area (Å²) in [5, 5.41) is 17.8. The Morgan fingerprint density at radius 1 is 1.41 bits per heavy atom. The van der Waals surface area contributed by atoms with Gasteiger partial charge in [-0.2, -0.15) is 4.68 Å². The molecule has 0 fully saturated rings. The zero-order chi connectivity index (χ0) is 16.3. The molecule has 0 spiro atoms. The van der Waals surface area contributed by atoms with Crippen molar-refractivity contribution in [2.24, 2.45) is 0 Å². The fourth-order valence-electron chi connectivity index (χ4n) is 1.96. The van der Waals surface area contributed by atoms with Gasteiger partial charge in [0.05, 0.1) is 23.4 Å². The number of hydrogen-bond acceptors (Lipinski definition) is 4. The SMILES string of the molecule is Cc1ccc(Cl)cc1NC(=O)CCn1nc([N+](=O)[O-])cc1C. The molecule has 0 saturated carbocycles. The number of nitro groups is 1. The van der Waals surface area contributed by atoms with Crippen LogP contribution in [0.4, 0.5) is 11.5 Å². The minimum Gasteiger partial charge on any atom is -0.358 e.